The molecular formula is C18H21FN4O3. The van der Waals surface area contributed by atoms with Gasteiger partial charge in [-0.1, -0.05) is 0 Å². The molecule has 1 atom stereocenters. The molecule has 7 nitrogen and oxygen atoms in total. The fourth-order valence-electron chi connectivity index (χ4n) is 3.74. The summed E-state index contributed by atoms with van der Waals surface area (Å²) < 4.78 is 16.4. The minimum Gasteiger partial charge on any atom is -0.477 e. The number of pyridine rings is 2. The number of hydrogen-bond donors (Lipinski definition) is 2. The summed E-state index contributed by atoms with van der Waals surface area (Å²) in [4.78, 5) is 30.2. The predicted octanol–water partition coefficient (Wildman–Crippen LogP) is 1.74. The number of nitrogens with zero attached hydrogens (tertiary/aromatic N) is 3. The third kappa shape index (κ3) is 2.84. The van der Waals surface area contributed by atoms with Gasteiger partial charge in [0.05, 0.1) is 5.39 Å². The van der Waals surface area contributed by atoms with E-state index in [0.717, 1.165) is 31.7 Å². The van der Waals surface area contributed by atoms with E-state index in [0.29, 0.717) is 31.2 Å². The van der Waals surface area contributed by atoms with Crippen molar-refractivity contribution in [3.63, 3.8) is 0 Å². The molecule has 4 rings (SSSR count). The molecule has 1 aliphatic carbocycles. The molecule has 3 heterocycles. The second-order valence-corrected chi connectivity index (χ2v) is 7.16. The second kappa shape index (κ2) is 6.35. The molecule has 0 aromatic carbocycles. The molecule has 1 saturated heterocycles. The number of fused-ring (bicyclic) bond motifs is 1. The number of halogens is 1. The monoisotopic (exact) mass is 360 g/mol. The van der Waals surface area contributed by atoms with Crippen LogP contribution in [0.15, 0.2) is 17.1 Å². The molecule has 3 N–H and O–H groups in total. The lowest BCUT2D eigenvalue weighted by atomic mass is 10.1. The van der Waals surface area contributed by atoms with E-state index in [9.17, 15) is 19.1 Å². The van der Waals surface area contributed by atoms with Gasteiger partial charge >= 0.3 is 5.97 Å². The first kappa shape index (κ1) is 17.0. The van der Waals surface area contributed by atoms with Gasteiger partial charge in [-0.25, -0.2) is 14.2 Å². The van der Waals surface area contributed by atoms with Crippen molar-refractivity contribution < 1.29 is 14.3 Å². The number of nitrogens with two attached hydrogens (primary N) is 1. The third-order valence-corrected chi connectivity index (χ3v) is 5.27. The average molecular weight is 360 g/mol. The molecule has 0 spiro atoms. The maximum atomic E-state index is 14.7. The molecule has 0 bridgehead atoms. The zero-order valence-electron chi connectivity index (χ0n) is 14.3. The molecular weight excluding hydrogens is 339 g/mol. The van der Waals surface area contributed by atoms with Gasteiger partial charge in [-0.3, -0.25) is 4.79 Å². The normalized spacial score (nSPS) is 20.1. The molecule has 2 aromatic rings. The Labute approximate surface area is 149 Å². The number of aromatic carboxylic acids is 1. The lowest BCUT2D eigenvalue weighted by Crippen LogP contribution is -2.25. The molecule has 0 amide bonds. The molecule has 1 saturated carbocycles. The first-order valence-corrected chi connectivity index (χ1v) is 8.93. The minimum absolute atomic E-state index is 0.0238. The topological polar surface area (TPSA) is 101 Å². The van der Waals surface area contributed by atoms with Gasteiger partial charge in [-0.2, -0.15) is 0 Å². The van der Waals surface area contributed by atoms with Crippen LogP contribution in [0.3, 0.4) is 0 Å². The number of carboxylic acids is 1. The summed E-state index contributed by atoms with van der Waals surface area (Å²) in [5.74, 6) is -1.25. The Morgan fingerprint density at radius 3 is 2.81 bits per heavy atom. The van der Waals surface area contributed by atoms with Crippen LogP contribution in [-0.2, 0) is 0 Å². The molecule has 0 unspecified atom stereocenters. The van der Waals surface area contributed by atoms with E-state index in [1.807, 2.05) is 4.90 Å². The van der Waals surface area contributed by atoms with Crippen LogP contribution in [0, 0.1) is 11.7 Å². The van der Waals surface area contributed by atoms with Crippen LogP contribution in [0.1, 0.15) is 42.1 Å². The fraction of sp³-hybridized carbons (Fsp3) is 0.500. The number of anilines is 1. The maximum Gasteiger partial charge on any atom is 0.341 e. The standard InChI is InChI=1S/C18H21FN4O3/c19-14-7-12-15(24)13(18(25)26)9-23(11-1-2-11)16(12)21-17(14)22-6-4-10(8-22)3-5-20/h7,9-11H,1-6,8,20H2,(H,25,26)/t10-/m0/s1. The van der Waals surface area contributed by atoms with Gasteiger partial charge in [-0.05, 0) is 44.2 Å². The zero-order chi connectivity index (χ0) is 18.4. The largest absolute Gasteiger partial charge is 0.477 e. The number of aromatic nitrogens is 2. The van der Waals surface area contributed by atoms with Crippen molar-refractivity contribution >= 4 is 22.8 Å². The second-order valence-electron chi connectivity index (χ2n) is 7.16. The summed E-state index contributed by atoms with van der Waals surface area (Å²) >= 11 is 0. The summed E-state index contributed by atoms with van der Waals surface area (Å²) in [5, 5.41) is 9.31. The summed E-state index contributed by atoms with van der Waals surface area (Å²) in [6.45, 7) is 1.99. The van der Waals surface area contributed by atoms with Crippen LogP contribution in [0.2, 0.25) is 0 Å². The Kier molecular flexibility index (Phi) is 4.14. The maximum absolute atomic E-state index is 14.7. The van der Waals surface area contributed by atoms with Crippen LogP contribution in [0.5, 0.6) is 0 Å². The number of rotatable bonds is 5. The minimum atomic E-state index is -1.31. The van der Waals surface area contributed by atoms with Gasteiger partial charge in [0.15, 0.2) is 11.6 Å². The van der Waals surface area contributed by atoms with Crippen molar-refractivity contribution in [3.05, 3.63) is 33.9 Å². The van der Waals surface area contributed by atoms with Crippen molar-refractivity contribution in [2.75, 3.05) is 24.5 Å². The van der Waals surface area contributed by atoms with E-state index in [-0.39, 0.29) is 22.8 Å². The predicted molar refractivity (Wildman–Crippen MR) is 95.2 cm³/mol. The van der Waals surface area contributed by atoms with Crippen molar-refractivity contribution in [3.8, 4) is 0 Å². The first-order valence-electron chi connectivity index (χ1n) is 8.93. The van der Waals surface area contributed by atoms with E-state index < -0.39 is 17.2 Å². The Bertz CT molecular complexity index is 938. The molecule has 2 fully saturated rings. The lowest BCUT2D eigenvalue weighted by molar-refractivity contribution is 0.0695. The highest BCUT2D eigenvalue weighted by atomic mass is 19.1. The van der Waals surface area contributed by atoms with Crippen LogP contribution in [0.25, 0.3) is 11.0 Å². The molecule has 2 aromatic heterocycles. The molecule has 0 radical (unpaired) electrons. The Balaban J connectivity index is 1.84. The van der Waals surface area contributed by atoms with Gasteiger partial charge in [-0.15, -0.1) is 0 Å². The van der Waals surface area contributed by atoms with Crippen molar-refractivity contribution in [1.29, 1.82) is 0 Å². The fourth-order valence-corrected chi connectivity index (χ4v) is 3.74. The van der Waals surface area contributed by atoms with Gasteiger partial charge in [0.2, 0.25) is 5.43 Å². The van der Waals surface area contributed by atoms with E-state index in [1.165, 1.54) is 6.20 Å². The quantitative estimate of drug-likeness (QED) is 0.842. The van der Waals surface area contributed by atoms with E-state index >= 15 is 0 Å². The Morgan fingerprint density at radius 1 is 1.38 bits per heavy atom. The van der Waals surface area contributed by atoms with Gasteiger partial charge in [0, 0.05) is 25.3 Å². The molecule has 26 heavy (non-hydrogen) atoms. The van der Waals surface area contributed by atoms with Crippen LogP contribution in [-0.4, -0.2) is 40.3 Å². The Hall–Kier alpha value is -2.48. The van der Waals surface area contributed by atoms with E-state index in [4.69, 9.17) is 5.73 Å². The highest BCUT2D eigenvalue weighted by molar-refractivity contribution is 5.92. The molecule has 2 aliphatic rings. The van der Waals surface area contributed by atoms with Crippen LogP contribution < -0.4 is 16.1 Å². The number of hydrogen-bond acceptors (Lipinski definition) is 5. The molecule has 138 valence electrons. The highest BCUT2D eigenvalue weighted by Gasteiger charge is 2.30. The Morgan fingerprint density at radius 2 is 2.15 bits per heavy atom. The van der Waals surface area contributed by atoms with Gasteiger partial charge in [0.25, 0.3) is 0 Å². The first-order chi connectivity index (χ1) is 12.5. The number of carboxylic acid groups (broad SMARTS) is 1. The molecule has 8 heteroatoms. The molecule has 1 aliphatic heterocycles. The zero-order valence-corrected chi connectivity index (χ0v) is 14.3. The smallest absolute Gasteiger partial charge is 0.341 e. The van der Waals surface area contributed by atoms with Gasteiger partial charge in [0.1, 0.15) is 11.2 Å². The van der Waals surface area contributed by atoms with E-state index in [1.54, 1.807) is 4.57 Å². The SMILES string of the molecule is NCC[C@H]1CCN(c2nc3c(cc2F)c(=O)c(C(=O)O)cn3C2CC2)C1. The summed E-state index contributed by atoms with van der Waals surface area (Å²) in [7, 11) is 0. The summed E-state index contributed by atoms with van der Waals surface area (Å²) in [6.07, 6.45) is 4.96. The lowest BCUT2D eigenvalue weighted by Gasteiger charge is -2.20. The van der Waals surface area contributed by atoms with Crippen molar-refractivity contribution in [2.45, 2.75) is 31.7 Å². The average Bonchev–Trinajstić information content (AvgIpc) is 3.34. The van der Waals surface area contributed by atoms with Crippen molar-refractivity contribution in [1.82, 2.24) is 9.55 Å². The van der Waals surface area contributed by atoms with Gasteiger partial charge < -0.3 is 20.3 Å². The van der Waals surface area contributed by atoms with E-state index in [2.05, 4.69) is 4.98 Å². The number of carbonyl (C=O) groups is 1. The van der Waals surface area contributed by atoms with Crippen LogP contribution >= 0.6 is 0 Å². The summed E-state index contributed by atoms with van der Waals surface area (Å²) in [5.41, 5.74) is 4.95. The van der Waals surface area contributed by atoms with Crippen molar-refractivity contribution in [2.24, 2.45) is 11.7 Å². The third-order valence-electron chi connectivity index (χ3n) is 5.27. The summed E-state index contributed by atoms with van der Waals surface area (Å²) in [6, 6.07) is 1.26. The van der Waals surface area contributed by atoms with Crippen LogP contribution in [0.4, 0.5) is 10.2 Å². The highest BCUT2D eigenvalue weighted by Crippen LogP contribution is 2.37.